The lowest BCUT2D eigenvalue weighted by atomic mass is 10.1. The molecular weight excluding hydrogens is 410 g/mol. The van der Waals surface area contributed by atoms with Crippen molar-refractivity contribution in [1.29, 1.82) is 0 Å². The van der Waals surface area contributed by atoms with Gasteiger partial charge in [-0.3, -0.25) is 4.79 Å². The molecule has 0 aliphatic carbocycles. The number of ether oxygens (including phenoxy) is 3. The van der Waals surface area contributed by atoms with Gasteiger partial charge in [0, 0.05) is 38.5 Å². The number of amides is 1. The summed E-state index contributed by atoms with van der Waals surface area (Å²) in [7, 11) is 2.53. The predicted molar refractivity (Wildman–Crippen MR) is 112 cm³/mol. The maximum atomic E-state index is 12.5. The average molecular weight is 436 g/mol. The molecule has 2 heterocycles. The Hall–Kier alpha value is -2.72. The van der Waals surface area contributed by atoms with Gasteiger partial charge in [-0.2, -0.15) is 0 Å². The number of nitrogens with one attached hydrogen (secondary N) is 1. The summed E-state index contributed by atoms with van der Waals surface area (Å²) in [4.78, 5) is 40.1. The smallest absolute Gasteiger partial charge is 0.337 e. The Labute approximate surface area is 180 Å². The molecule has 2 saturated heterocycles. The van der Waals surface area contributed by atoms with Crippen LogP contribution in [-0.2, 0) is 19.0 Å². The molecule has 1 N–H and O–H groups in total. The van der Waals surface area contributed by atoms with Crippen LogP contribution >= 0.6 is 12.2 Å². The van der Waals surface area contributed by atoms with E-state index in [-0.39, 0.29) is 23.1 Å². The van der Waals surface area contributed by atoms with Crippen molar-refractivity contribution in [2.75, 3.05) is 52.3 Å². The van der Waals surface area contributed by atoms with Gasteiger partial charge >= 0.3 is 11.9 Å². The van der Waals surface area contributed by atoms with E-state index in [1.165, 1.54) is 20.3 Å². The largest absolute Gasteiger partial charge is 0.465 e. The summed E-state index contributed by atoms with van der Waals surface area (Å²) in [5, 5.41) is 3.50. The first-order chi connectivity index (χ1) is 14.4. The molecule has 1 aromatic carbocycles. The third-order valence-electron chi connectivity index (χ3n) is 5.11. The molecule has 0 radical (unpaired) electrons. The molecule has 0 unspecified atom stereocenters. The highest BCUT2D eigenvalue weighted by Gasteiger charge is 2.30. The van der Waals surface area contributed by atoms with E-state index in [2.05, 4.69) is 5.32 Å². The van der Waals surface area contributed by atoms with Crippen LogP contribution in [-0.4, -0.2) is 85.9 Å². The zero-order chi connectivity index (χ0) is 21.7. The third kappa shape index (κ3) is 5.06. The zero-order valence-corrected chi connectivity index (χ0v) is 17.8. The van der Waals surface area contributed by atoms with Crippen LogP contribution in [0.5, 0.6) is 0 Å². The average Bonchev–Trinajstić information content (AvgIpc) is 3.32. The second-order valence-electron chi connectivity index (χ2n) is 7.03. The van der Waals surface area contributed by atoms with E-state index in [1.54, 1.807) is 12.1 Å². The van der Waals surface area contributed by atoms with Gasteiger partial charge in [0.05, 0.1) is 25.3 Å². The van der Waals surface area contributed by atoms with E-state index in [0.717, 1.165) is 12.8 Å². The van der Waals surface area contributed by atoms with Crippen LogP contribution in [0.4, 0.5) is 5.69 Å². The Kier molecular flexibility index (Phi) is 7.22. The standard InChI is InChI=1S/C20H25N3O6S/c1-27-18(25)13-10-14(19(26)28-2)12-15(11-13)21-20(30)23-7-5-22(6-8-23)17(24)16-4-3-9-29-16/h10-12,16H,3-9H2,1-2H3,(H,21,30)/t16-/m1/s1. The molecule has 1 amide bonds. The SMILES string of the molecule is COC(=O)c1cc(NC(=S)N2CCN(C(=O)[C@H]3CCCO3)CC2)cc(C(=O)OC)c1. The highest BCUT2D eigenvalue weighted by Crippen LogP contribution is 2.19. The maximum absolute atomic E-state index is 12.5. The molecule has 0 saturated carbocycles. The molecule has 2 fully saturated rings. The molecule has 10 heteroatoms. The van der Waals surface area contributed by atoms with Crippen molar-refractivity contribution < 1.29 is 28.6 Å². The summed E-state index contributed by atoms with van der Waals surface area (Å²) in [6.07, 6.45) is 1.38. The van der Waals surface area contributed by atoms with Crippen LogP contribution in [0.1, 0.15) is 33.6 Å². The fraction of sp³-hybridized carbons (Fsp3) is 0.500. The highest BCUT2D eigenvalue weighted by atomic mass is 32.1. The number of rotatable bonds is 4. The minimum atomic E-state index is -0.573. The van der Waals surface area contributed by atoms with Crippen molar-refractivity contribution in [2.24, 2.45) is 0 Å². The number of carbonyl (C=O) groups excluding carboxylic acids is 3. The van der Waals surface area contributed by atoms with E-state index < -0.39 is 11.9 Å². The number of piperazine rings is 1. The molecular formula is C20H25N3O6S. The number of hydrogen-bond donors (Lipinski definition) is 1. The molecule has 162 valence electrons. The summed E-state index contributed by atoms with van der Waals surface area (Å²) in [6.45, 7) is 2.89. The second-order valence-corrected chi connectivity index (χ2v) is 7.41. The van der Waals surface area contributed by atoms with Crippen molar-refractivity contribution in [3.63, 3.8) is 0 Å². The summed E-state index contributed by atoms with van der Waals surface area (Å²) in [6, 6.07) is 4.52. The Morgan fingerprint density at radius 2 is 1.57 bits per heavy atom. The van der Waals surface area contributed by atoms with E-state index in [9.17, 15) is 14.4 Å². The number of nitrogens with zero attached hydrogens (tertiary/aromatic N) is 2. The van der Waals surface area contributed by atoms with Crippen LogP contribution in [0.2, 0.25) is 0 Å². The Morgan fingerprint density at radius 1 is 1.00 bits per heavy atom. The summed E-state index contributed by atoms with van der Waals surface area (Å²) in [5.41, 5.74) is 0.886. The van der Waals surface area contributed by atoms with Gasteiger partial charge < -0.3 is 29.3 Å². The van der Waals surface area contributed by atoms with Crippen LogP contribution in [0.25, 0.3) is 0 Å². The highest BCUT2D eigenvalue weighted by molar-refractivity contribution is 7.80. The van der Waals surface area contributed by atoms with Gasteiger partial charge in [-0.25, -0.2) is 9.59 Å². The van der Waals surface area contributed by atoms with Crippen molar-refractivity contribution >= 4 is 40.9 Å². The molecule has 3 rings (SSSR count). The topological polar surface area (TPSA) is 97.4 Å². The second kappa shape index (κ2) is 9.86. The summed E-state index contributed by atoms with van der Waals surface area (Å²) < 4.78 is 15.0. The van der Waals surface area contributed by atoms with Crippen LogP contribution in [0.3, 0.4) is 0 Å². The van der Waals surface area contributed by atoms with Gasteiger partial charge in [0.2, 0.25) is 0 Å². The van der Waals surface area contributed by atoms with E-state index in [1.807, 2.05) is 9.80 Å². The summed E-state index contributed by atoms with van der Waals surface area (Å²) >= 11 is 5.50. The molecule has 0 bridgehead atoms. The normalized spacial score (nSPS) is 18.7. The number of carbonyl (C=O) groups is 3. The number of methoxy groups -OCH3 is 2. The molecule has 0 aromatic heterocycles. The predicted octanol–water partition coefficient (Wildman–Crippen LogP) is 1.28. The lowest BCUT2D eigenvalue weighted by Crippen LogP contribution is -2.53. The minimum absolute atomic E-state index is 0.0412. The number of benzene rings is 1. The first kappa shape index (κ1) is 22.0. The molecule has 9 nitrogen and oxygen atoms in total. The fourth-order valence-electron chi connectivity index (χ4n) is 3.48. The van der Waals surface area contributed by atoms with Gasteiger partial charge in [0.1, 0.15) is 6.10 Å². The Bertz CT molecular complexity index is 798. The molecule has 2 aliphatic heterocycles. The van der Waals surface area contributed by atoms with Gasteiger partial charge in [0.15, 0.2) is 5.11 Å². The van der Waals surface area contributed by atoms with Crippen molar-refractivity contribution in [3.05, 3.63) is 29.3 Å². The Morgan fingerprint density at radius 3 is 2.07 bits per heavy atom. The van der Waals surface area contributed by atoms with Crippen molar-refractivity contribution in [3.8, 4) is 0 Å². The Balaban J connectivity index is 1.63. The molecule has 2 aliphatic rings. The van der Waals surface area contributed by atoms with Crippen LogP contribution in [0, 0.1) is 0 Å². The molecule has 30 heavy (non-hydrogen) atoms. The van der Waals surface area contributed by atoms with Crippen molar-refractivity contribution in [2.45, 2.75) is 18.9 Å². The lowest BCUT2D eigenvalue weighted by Gasteiger charge is -2.37. The quantitative estimate of drug-likeness (QED) is 0.554. The van der Waals surface area contributed by atoms with E-state index >= 15 is 0 Å². The van der Waals surface area contributed by atoms with Crippen LogP contribution < -0.4 is 5.32 Å². The van der Waals surface area contributed by atoms with Crippen LogP contribution in [0.15, 0.2) is 18.2 Å². The monoisotopic (exact) mass is 435 g/mol. The van der Waals surface area contributed by atoms with Gasteiger partial charge in [0.25, 0.3) is 5.91 Å². The van der Waals surface area contributed by atoms with E-state index in [4.69, 9.17) is 26.4 Å². The number of esters is 2. The van der Waals surface area contributed by atoms with Gasteiger partial charge in [-0.15, -0.1) is 0 Å². The number of anilines is 1. The maximum Gasteiger partial charge on any atom is 0.337 e. The fourth-order valence-corrected chi connectivity index (χ4v) is 3.78. The zero-order valence-electron chi connectivity index (χ0n) is 17.0. The van der Waals surface area contributed by atoms with Gasteiger partial charge in [-0.1, -0.05) is 0 Å². The molecule has 1 atom stereocenters. The molecule has 0 spiro atoms. The third-order valence-corrected chi connectivity index (χ3v) is 5.47. The molecule has 1 aromatic rings. The summed E-state index contributed by atoms with van der Waals surface area (Å²) in [5.74, 6) is -1.11. The first-order valence-corrected chi connectivity index (χ1v) is 10.1. The first-order valence-electron chi connectivity index (χ1n) is 9.71. The number of hydrogen-bond acceptors (Lipinski definition) is 7. The minimum Gasteiger partial charge on any atom is -0.465 e. The van der Waals surface area contributed by atoms with Crippen molar-refractivity contribution in [1.82, 2.24) is 9.80 Å². The van der Waals surface area contributed by atoms with Gasteiger partial charge in [-0.05, 0) is 43.3 Å². The number of thiocarbonyl (C=S) groups is 1. The lowest BCUT2D eigenvalue weighted by molar-refractivity contribution is -0.142. The van der Waals surface area contributed by atoms with E-state index in [0.29, 0.717) is 43.6 Å².